The summed E-state index contributed by atoms with van der Waals surface area (Å²) in [7, 11) is 2.92. The van der Waals surface area contributed by atoms with E-state index >= 15 is 0 Å². The van der Waals surface area contributed by atoms with E-state index < -0.39 is 5.97 Å². The second kappa shape index (κ2) is 5.97. The number of benzene rings is 1. The van der Waals surface area contributed by atoms with Crippen molar-refractivity contribution >= 4 is 17.6 Å². The number of ether oxygens (including phenoxy) is 1. The van der Waals surface area contributed by atoms with Crippen molar-refractivity contribution in [1.29, 1.82) is 0 Å². The molecule has 2 rings (SSSR count). The van der Waals surface area contributed by atoms with E-state index in [2.05, 4.69) is 4.98 Å². The molecule has 20 heavy (non-hydrogen) atoms. The van der Waals surface area contributed by atoms with Crippen molar-refractivity contribution < 1.29 is 14.3 Å². The molecule has 0 saturated heterocycles. The summed E-state index contributed by atoms with van der Waals surface area (Å²) in [6, 6.07) is 10.2. The molecular weight excluding hydrogens is 256 g/mol. The second-order valence-corrected chi connectivity index (χ2v) is 4.11. The molecular formula is C15H14N2O3. The van der Waals surface area contributed by atoms with Crippen molar-refractivity contribution in [3.63, 3.8) is 0 Å². The van der Waals surface area contributed by atoms with Crippen LogP contribution < -0.4 is 4.90 Å². The van der Waals surface area contributed by atoms with Crippen LogP contribution in [0.2, 0.25) is 0 Å². The minimum atomic E-state index is -0.480. The Bertz CT molecular complexity index is 626. The predicted octanol–water partition coefficient (Wildman–Crippen LogP) is 2.14. The van der Waals surface area contributed by atoms with Gasteiger partial charge in [-0.05, 0) is 24.3 Å². The summed E-state index contributed by atoms with van der Waals surface area (Å²) in [6.45, 7) is 0. The molecule has 0 saturated carbocycles. The van der Waals surface area contributed by atoms with Gasteiger partial charge in [-0.3, -0.25) is 9.78 Å². The van der Waals surface area contributed by atoms with Crippen LogP contribution in [0.5, 0.6) is 0 Å². The maximum absolute atomic E-state index is 12.3. The third-order valence-corrected chi connectivity index (χ3v) is 2.88. The smallest absolute Gasteiger partial charge is 0.339 e. The third kappa shape index (κ3) is 2.66. The van der Waals surface area contributed by atoms with Gasteiger partial charge in [-0.15, -0.1) is 0 Å². The summed E-state index contributed by atoms with van der Waals surface area (Å²) in [6.07, 6.45) is 3.08. The van der Waals surface area contributed by atoms with Gasteiger partial charge >= 0.3 is 5.97 Å². The first-order valence-electron chi connectivity index (χ1n) is 6.00. The lowest BCUT2D eigenvalue weighted by Gasteiger charge is -2.19. The van der Waals surface area contributed by atoms with Crippen LogP contribution in [0.3, 0.4) is 0 Å². The number of carbonyl (C=O) groups is 2. The molecule has 0 aliphatic carbocycles. The van der Waals surface area contributed by atoms with Crippen LogP contribution in [0.15, 0.2) is 48.8 Å². The summed E-state index contributed by atoms with van der Waals surface area (Å²) in [5.41, 5.74) is 1.29. The van der Waals surface area contributed by atoms with Crippen LogP contribution in [0, 0.1) is 0 Å². The summed E-state index contributed by atoms with van der Waals surface area (Å²) in [5.74, 6) is -0.721. The average Bonchev–Trinajstić information content (AvgIpc) is 2.53. The van der Waals surface area contributed by atoms with Crippen LogP contribution >= 0.6 is 0 Å². The number of methoxy groups -OCH3 is 1. The lowest BCUT2D eigenvalue weighted by molar-refractivity contribution is 0.0601. The van der Waals surface area contributed by atoms with Gasteiger partial charge < -0.3 is 9.64 Å². The van der Waals surface area contributed by atoms with Gasteiger partial charge in [0, 0.05) is 19.4 Å². The van der Waals surface area contributed by atoms with Crippen LogP contribution in [0.1, 0.15) is 20.7 Å². The van der Waals surface area contributed by atoms with Crippen LogP contribution in [-0.4, -0.2) is 31.0 Å². The first-order valence-corrected chi connectivity index (χ1v) is 6.00. The Balaban J connectivity index is 2.37. The highest BCUT2D eigenvalue weighted by molar-refractivity contribution is 6.09. The van der Waals surface area contributed by atoms with Gasteiger partial charge in [0.2, 0.25) is 0 Å². The quantitative estimate of drug-likeness (QED) is 0.802. The van der Waals surface area contributed by atoms with E-state index in [-0.39, 0.29) is 5.91 Å². The highest BCUT2D eigenvalue weighted by Gasteiger charge is 2.19. The number of rotatable bonds is 3. The molecule has 1 aromatic carbocycles. The predicted molar refractivity (Wildman–Crippen MR) is 74.8 cm³/mol. The number of hydrogen-bond acceptors (Lipinski definition) is 4. The number of amides is 1. The van der Waals surface area contributed by atoms with E-state index in [1.165, 1.54) is 18.2 Å². The molecule has 5 heteroatoms. The van der Waals surface area contributed by atoms with E-state index in [0.29, 0.717) is 16.8 Å². The Morgan fingerprint density at radius 1 is 1.15 bits per heavy atom. The van der Waals surface area contributed by atoms with E-state index in [9.17, 15) is 9.59 Å². The SMILES string of the molecule is COC(=O)c1ccccc1N(C)C(=O)c1cccnc1. The minimum absolute atomic E-state index is 0.241. The summed E-state index contributed by atoms with van der Waals surface area (Å²) < 4.78 is 4.72. The zero-order valence-electron chi connectivity index (χ0n) is 11.2. The molecule has 0 fully saturated rings. The molecule has 1 heterocycles. The fourth-order valence-corrected chi connectivity index (χ4v) is 1.84. The van der Waals surface area contributed by atoms with E-state index in [4.69, 9.17) is 4.74 Å². The lowest BCUT2D eigenvalue weighted by atomic mass is 10.1. The van der Waals surface area contributed by atoms with Crippen LogP contribution in [0.4, 0.5) is 5.69 Å². The van der Waals surface area contributed by atoms with Crippen molar-refractivity contribution in [1.82, 2.24) is 4.98 Å². The summed E-state index contributed by atoms with van der Waals surface area (Å²) >= 11 is 0. The number of carbonyl (C=O) groups excluding carboxylic acids is 2. The largest absolute Gasteiger partial charge is 0.465 e. The molecule has 0 spiro atoms. The van der Waals surface area contributed by atoms with E-state index in [1.54, 1.807) is 49.6 Å². The molecule has 5 nitrogen and oxygen atoms in total. The Kier molecular flexibility index (Phi) is 4.10. The van der Waals surface area contributed by atoms with Gasteiger partial charge in [0.05, 0.1) is 23.9 Å². The summed E-state index contributed by atoms with van der Waals surface area (Å²) in [4.78, 5) is 29.4. The molecule has 0 atom stereocenters. The standard InChI is InChI=1S/C15H14N2O3/c1-17(14(18)11-6-5-9-16-10-11)13-8-4-3-7-12(13)15(19)20-2/h3-10H,1-2H3. The molecule has 0 bridgehead atoms. The highest BCUT2D eigenvalue weighted by atomic mass is 16.5. The normalized spacial score (nSPS) is 9.90. The Morgan fingerprint density at radius 3 is 2.55 bits per heavy atom. The van der Waals surface area contributed by atoms with Gasteiger partial charge in [-0.2, -0.15) is 0 Å². The Labute approximate surface area is 116 Å². The topological polar surface area (TPSA) is 59.5 Å². The number of para-hydroxylation sites is 1. The zero-order chi connectivity index (χ0) is 14.5. The van der Waals surface area contributed by atoms with Gasteiger partial charge in [0.15, 0.2) is 0 Å². The molecule has 0 N–H and O–H groups in total. The second-order valence-electron chi connectivity index (χ2n) is 4.11. The van der Waals surface area contributed by atoms with Gasteiger partial charge in [-0.1, -0.05) is 12.1 Å². The van der Waals surface area contributed by atoms with Gasteiger partial charge in [0.25, 0.3) is 5.91 Å². The van der Waals surface area contributed by atoms with Crippen LogP contribution in [0.25, 0.3) is 0 Å². The number of esters is 1. The van der Waals surface area contributed by atoms with Crippen molar-refractivity contribution in [2.45, 2.75) is 0 Å². The molecule has 1 aromatic heterocycles. The summed E-state index contributed by atoms with van der Waals surface area (Å²) in [5, 5.41) is 0. The molecule has 0 unspecified atom stereocenters. The first kappa shape index (κ1) is 13.7. The minimum Gasteiger partial charge on any atom is -0.465 e. The number of hydrogen-bond donors (Lipinski definition) is 0. The number of nitrogens with zero attached hydrogens (tertiary/aromatic N) is 2. The highest BCUT2D eigenvalue weighted by Crippen LogP contribution is 2.21. The fourth-order valence-electron chi connectivity index (χ4n) is 1.84. The molecule has 2 aromatic rings. The Morgan fingerprint density at radius 2 is 1.90 bits per heavy atom. The fraction of sp³-hybridized carbons (Fsp3) is 0.133. The molecule has 0 aliphatic rings. The Hall–Kier alpha value is -2.69. The maximum atomic E-state index is 12.3. The third-order valence-electron chi connectivity index (χ3n) is 2.88. The first-order chi connectivity index (χ1) is 9.65. The van der Waals surface area contributed by atoms with Crippen molar-refractivity contribution in [3.8, 4) is 0 Å². The molecule has 102 valence electrons. The average molecular weight is 270 g/mol. The van der Waals surface area contributed by atoms with Crippen molar-refractivity contribution in [2.24, 2.45) is 0 Å². The maximum Gasteiger partial charge on any atom is 0.339 e. The number of anilines is 1. The van der Waals surface area contributed by atoms with Crippen molar-refractivity contribution in [2.75, 3.05) is 19.1 Å². The monoisotopic (exact) mass is 270 g/mol. The molecule has 0 aliphatic heterocycles. The molecule has 1 amide bonds. The number of pyridine rings is 1. The van der Waals surface area contributed by atoms with Gasteiger partial charge in [-0.25, -0.2) is 4.79 Å². The molecule has 0 radical (unpaired) electrons. The zero-order valence-corrected chi connectivity index (χ0v) is 11.2. The van der Waals surface area contributed by atoms with Crippen molar-refractivity contribution in [3.05, 3.63) is 59.9 Å². The van der Waals surface area contributed by atoms with E-state index in [1.807, 2.05) is 0 Å². The van der Waals surface area contributed by atoms with Gasteiger partial charge in [0.1, 0.15) is 0 Å². The lowest BCUT2D eigenvalue weighted by Crippen LogP contribution is -2.28. The van der Waals surface area contributed by atoms with Crippen LogP contribution in [-0.2, 0) is 4.74 Å². The van der Waals surface area contributed by atoms with E-state index in [0.717, 1.165) is 0 Å². The number of aromatic nitrogens is 1.